The molecule has 0 aromatic carbocycles. The van der Waals surface area contributed by atoms with Gasteiger partial charge in [-0.25, -0.2) is 0 Å². The van der Waals surface area contributed by atoms with Crippen molar-refractivity contribution in [2.75, 3.05) is 40.4 Å². The van der Waals surface area contributed by atoms with Crippen LogP contribution < -0.4 is 0 Å². The molecule has 1 aliphatic rings. The maximum Gasteiger partial charge on any atom is 0.158 e. The first-order valence-corrected chi connectivity index (χ1v) is 10.8. The lowest BCUT2D eigenvalue weighted by Gasteiger charge is -2.30. The number of hydrogen-bond donors (Lipinski definition) is 1. The Labute approximate surface area is 156 Å². The summed E-state index contributed by atoms with van der Waals surface area (Å²) in [5, 5.41) is 9.11. The Hall–Kier alpha value is -0.160. The van der Waals surface area contributed by atoms with Crippen molar-refractivity contribution in [1.82, 2.24) is 0 Å². The topological polar surface area (TPSA) is 38.7 Å². The Kier molecular flexibility index (Phi) is 12.8. The highest BCUT2D eigenvalue weighted by Gasteiger charge is 2.31. The molecule has 1 heterocycles. The molecule has 0 aliphatic carbocycles. The van der Waals surface area contributed by atoms with Crippen LogP contribution in [0, 0.1) is 0 Å². The van der Waals surface area contributed by atoms with E-state index in [2.05, 4.69) is 21.0 Å². The molecule has 150 valence electrons. The Balaban J connectivity index is 1.91. The molecule has 4 nitrogen and oxygen atoms in total. The summed E-state index contributed by atoms with van der Waals surface area (Å²) in [6.45, 7) is 4.89. The molecular formula is C21H44NO3+. The number of likely N-dealkylation sites (N-methyl/N-ethyl adjacent to an activating group) is 1. The zero-order valence-electron chi connectivity index (χ0n) is 17.2. The highest BCUT2D eigenvalue weighted by Crippen LogP contribution is 2.20. The van der Waals surface area contributed by atoms with Crippen LogP contribution >= 0.6 is 0 Å². The summed E-state index contributed by atoms with van der Waals surface area (Å²) < 4.78 is 12.6. The first-order valence-electron chi connectivity index (χ1n) is 10.8. The molecule has 0 spiro atoms. The summed E-state index contributed by atoms with van der Waals surface area (Å²) in [6, 6.07) is 0. The first kappa shape index (κ1) is 22.9. The van der Waals surface area contributed by atoms with Crippen molar-refractivity contribution < 1.29 is 19.1 Å². The lowest BCUT2D eigenvalue weighted by atomic mass is 10.1. The molecule has 25 heavy (non-hydrogen) atoms. The fraction of sp³-hybridized carbons (Fsp3) is 1.00. The summed E-state index contributed by atoms with van der Waals surface area (Å²) in [4.78, 5) is 0. The van der Waals surface area contributed by atoms with Crippen molar-refractivity contribution in [3.8, 4) is 0 Å². The summed E-state index contributed by atoms with van der Waals surface area (Å²) >= 11 is 0. The molecule has 1 aliphatic heterocycles. The van der Waals surface area contributed by atoms with Crippen LogP contribution in [0.2, 0.25) is 0 Å². The molecule has 0 aromatic heterocycles. The zero-order chi connectivity index (χ0) is 18.4. The highest BCUT2D eigenvalue weighted by atomic mass is 16.7. The number of quaternary nitrogens is 1. The van der Waals surface area contributed by atoms with E-state index in [-0.39, 0.29) is 19.0 Å². The monoisotopic (exact) mass is 358 g/mol. The first-order chi connectivity index (χ1) is 12.1. The van der Waals surface area contributed by atoms with E-state index in [1.54, 1.807) is 0 Å². The third kappa shape index (κ3) is 12.0. The molecule has 2 atom stereocenters. The largest absolute Gasteiger partial charge is 0.391 e. The molecule has 0 saturated carbocycles. The van der Waals surface area contributed by atoms with Gasteiger partial charge in [-0.3, -0.25) is 0 Å². The van der Waals surface area contributed by atoms with Crippen LogP contribution in [0.1, 0.15) is 84.0 Å². The second-order valence-corrected chi connectivity index (χ2v) is 8.41. The average Bonchev–Trinajstić information content (AvgIpc) is 2.99. The molecule has 0 aromatic rings. The molecule has 0 bridgehead atoms. The normalized spacial score (nSPS) is 21.1. The molecular weight excluding hydrogens is 314 g/mol. The Morgan fingerprint density at radius 1 is 0.880 bits per heavy atom. The maximum atomic E-state index is 9.11. The Morgan fingerprint density at radius 2 is 1.44 bits per heavy atom. The quantitative estimate of drug-likeness (QED) is 0.326. The second-order valence-electron chi connectivity index (χ2n) is 8.41. The van der Waals surface area contributed by atoms with E-state index >= 15 is 0 Å². The van der Waals surface area contributed by atoms with Crippen LogP contribution in [0.3, 0.4) is 0 Å². The van der Waals surface area contributed by atoms with Crippen molar-refractivity contribution in [2.24, 2.45) is 0 Å². The van der Waals surface area contributed by atoms with Gasteiger partial charge in [-0.05, 0) is 12.8 Å². The van der Waals surface area contributed by atoms with Crippen molar-refractivity contribution in [3.63, 3.8) is 0 Å². The van der Waals surface area contributed by atoms with E-state index in [0.717, 1.165) is 24.0 Å². The number of unbranched alkanes of at least 4 members (excludes halogenated alkanes) is 10. The van der Waals surface area contributed by atoms with Gasteiger partial charge in [0.2, 0.25) is 0 Å². The fourth-order valence-corrected chi connectivity index (χ4v) is 3.64. The molecule has 4 heteroatoms. The number of aliphatic hydroxyl groups is 1. The molecule has 1 fully saturated rings. The van der Waals surface area contributed by atoms with Gasteiger partial charge in [-0.15, -0.1) is 0 Å². The van der Waals surface area contributed by atoms with Gasteiger partial charge in [0.15, 0.2) is 6.29 Å². The number of rotatable bonds is 16. The van der Waals surface area contributed by atoms with Gasteiger partial charge < -0.3 is 19.1 Å². The number of ether oxygens (including phenoxy) is 2. The van der Waals surface area contributed by atoms with Crippen LogP contribution in [0.5, 0.6) is 0 Å². The number of aliphatic hydroxyl groups excluding tert-OH is 1. The number of hydrogen-bond acceptors (Lipinski definition) is 3. The van der Waals surface area contributed by atoms with E-state index in [4.69, 9.17) is 14.6 Å². The van der Waals surface area contributed by atoms with E-state index < -0.39 is 0 Å². The summed E-state index contributed by atoms with van der Waals surface area (Å²) in [6.07, 6.45) is 16.3. The highest BCUT2D eigenvalue weighted by molar-refractivity contribution is 4.65. The second kappa shape index (κ2) is 14.0. The van der Waals surface area contributed by atoms with Gasteiger partial charge in [0.05, 0.1) is 27.3 Å². The smallest absolute Gasteiger partial charge is 0.158 e. The van der Waals surface area contributed by atoms with Crippen molar-refractivity contribution >= 4 is 0 Å². The van der Waals surface area contributed by atoms with Gasteiger partial charge in [0, 0.05) is 0 Å². The Morgan fingerprint density at radius 3 is 2.00 bits per heavy atom. The zero-order valence-corrected chi connectivity index (χ0v) is 17.2. The van der Waals surface area contributed by atoms with Gasteiger partial charge in [-0.1, -0.05) is 71.1 Å². The molecule has 1 rings (SSSR count). The molecule has 0 amide bonds. The molecule has 0 unspecified atom stereocenters. The molecule has 1 N–H and O–H groups in total. The molecule has 1 saturated heterocycles. The van der Waals surface area contributed by atoms with Gasteiger partial charge in [-0.2, -0.15) is 0 Å². The predicted octanol–water partition coefficient (Wildman–Crippen LogP) is 4.50. The minimum atomic E-state index is -0.00214. The van der Waals surface area contributed by atoms with E-state index in [9.17, 15) is 0 Å². The van der Waals surface area contributed by atoms with Crippen molar-refractivity contribution in [3.05, 3.63) is 0 Å². The van der Waals surface area contributed by atoms with Crippen LogP contribution in [-0.2, 0) is 9.47 Å². The van der Waals surface area contributed by atoms with Crippen molar-refractivity contribution in [1.29, 1.82) is 0 Å². The van der Waals surface area contributed by atoms with Gasteiger partial charge in [0.25, 0.3) is 0 Å². The van der Waals surface area contributed by atoms with E-state index in [0.29, 0.717) is 6.61 Å². The van der Waals surface area contributed by atoms with Crippen molar-refractivity contribution in [2.45, 2.75) is 96.4 Å². The van der Waals surface area contributed by atoms with Gasteiger partial charge in [0.1, 0.15) is 19.2 Å². The third-order valence-corrected chi connectivity index (χ3v) is 5.26. The maximum absolute atomic E-state index is 9.11. The van der Waals surface area contributed by atoms with Crippen LogP contribution in [0.25, 0.3) is 0 Å². The van der Waals surface area contributed by atoms with E-state index in [1.807, 2.05) is 0 Å². The predicted molar refractivity (Wildman–Crippen MR) is 105 cm³/mol. The summed E-state index contributed by atoms with van der Waals surface area (Å²) in [5.74, 6) is 0. The standard InChI is InChI=1S/C21H44NO3/c1-4-5-6-7-8-9-10-11-12-13-14-15-21-24-19-20(25-21)18-22(2,3)16-17-23/h20-21,23H,4-19H2,1-3H3/q+1/t20-,21-/m1/s1. The molecule has 0 radical (unpaired) electrons. The average molecular weight is 359 g/mol. The minimum Gasteiger partial charge on any atom is -0.391 e. The van der Waals surface area contributed by atoms with Crippen LogP contribution in [0.15, 0.2) is 0 Å². The number of nitrogens with zero attached hydrogens (tertiary/aromatic N) is 1. The minimum absolute atomic E-state index is 0.00214. The summed E-state index contributed by atoms with van der Waals surface area (Å²) in [5.41, 5.74) is 0. The van der Waals surface area contributed by atoms with Crippen LogP contribution in [-0.4, -0.2) is 62.4 Å². The fourth-order valence-electron chi connectivity index (χ4n) is 3.64. The lowest BCUT2D eigenvalue weighted by Crippen LogP contribution is -2.47. The lowest BCUT2D eigenvalue weighted by molar-refractivity contribution is -0.893. The SMILES string of the molecule is CCCCCCCCCCCCC[C@@H]1OC[C@@H](C[N+](C)(C)CCO)O1. The summed E-state index contributed by atoms with van der Waals surface area (Å²) in [7, 11) is 4.27. The van der Waals surface area contributed by atoms with Gasteiger partial charge >= 0.3 is 0 Å². The third-order valence-electron chi connectivity index (χ3n) is 5.26. The van der Waals surface area contributed by atoms with Crippen LogP contribution in [0.4, 0.5) is 0 Å². The van der Waals surface area contributed by atoms with E-state index in [1.165, 1.54) is 70.6 Å². The Bertz CT molecular complexity index is 310.